The highest BCUT2D eigenvalue weighted by atomic mass is 16.3. The molecule has 0 aromatic rings. The molecule has 0 aliphatic carbocycles. The van der Waals surface area contributed by atoms with Crippen molar-refractivity contribution >= 4 is 12.4 Å². The van der Waals surface area contributed by atoms with Gasteiger partial charge in [-0.05, 0) is 60.8 Å². The minimum absolute atomic E-state index is 0.562. The summed E-state index contributed by atoms with van der Waals surface area (Å²) in [6, 6.07) is 0. The predicted octanol–water partition coefficient (Wildman–Crippen LogP) is 2.69. The van der Waals surface area contributed by atoms with Crippen LogP contribution >= 0.6 is 0 Å². The van der Waals surface area contributed by atoms with Gasteiger partial charge >= 0.3 is 0 Å². The fourth-order valence-corrected chi connectivity index (χ4v) is 3.43. The first-order valence-electron chi connectivity index (χ1n) is 11.0. The van der Waals surface area contributed by atoms with Crippen LogP contribution in [0.4, 0.5) is 0 Å². The number of hydrogen-bond acceptors (Lipinski definition) is 4. The van der Waals surface area contributed by atoms with Crippen molar-refractivity contribution in [3.8, 4) is 0 Å². The Kier molecular flexibility index (Phi) is 13.8. The quantitative estimate of drug-likeness (QED) is 0.316. The Morgan fingerprint density at radius 3 is 1.19 bits per heavy atom. The zero-order chi connectivity index (χ0) is 20.8. The van der Waals surface area contributed by atoms with Crippen LogP contribution in [0.2, 0.25) is 0 Å². The van der Waals surface area contributed by atoms with Gasteiger partial charge in [0.25, 0.3) is 0 Å². The lowest BCUT2D eigenvalue weighted by Crippen LogP contribution is -2.48. The number of rotatable bonds is 16. The summed E-state index contributed by atoms with van der Waals surface area (Å²) < 4.78 is 1.99. The van der Waals surface area contributed by atoms with Crippen LogP contribution in [0.1, 0.15) is 60.8 Å². The van der Waals surface area contributed by atoms with Gasteiger partial charge in [-0.3, -0.25) is 9.98 Å². The summed E-state index contributed by atoms with van der Waals surface area (Å²) in [5.74, 6) is 0. The van der Waals surface area contributed by atoms with Crippen molar-refractivity contribution < 1.29 is 19.2 Å². The van der Waals surface area contributed by atoms with E-state index in [-0.39, 0.29) is 0 Å². The predicted molar refractivity (Wildman–Crippen MR) is 116 cm³/mol. The fraction of sp³-hybridized carbons (Fsp3) is 0.905. The van der Waals surface area contributed by atoms with Crippen LogP contribution in [0.3, 0.4) is 0 Å². The molecule has 0 amide bonds. The Hall–Kier alpha value is -0.820. The highest BCUT2D eigenvalue weighted by molar-refractivity contribution is 5.58. The standard InChI is InChI=1S/C21H46N4O2/c1-7-24(8-2,9-3)18-16-22-20(26)14-13-15-21(27)23-17-19-25(10-4,11-5)12-6/h16-17,20-21,26-27H,7-15,18-19H2,1-6H3/q+2/b22-16+,23-17+. The first kappa shape index (κ1) is 26.2. The zero-order valence-electron chi connectivity index (χ0n) is 18.8. The van der Waals surface area contributed by atoms with Gasteiger partial charge in [-0.1, -0.05) is 0 Å². The topological polar surface area (TPSA) is 65.2 Å². The number of aliphatic imine (C=N–C) groups is 2. The third kappa shape index (κ3) is 9.79. The van der Waals surface area contributed by atoms with Crippen molar-refractivity contribution in [1.29, 1.82) is 0 Å². The van der Waals surface area contributed by atoms with Gasteiger partial charge in [0, 0.05) is 0 Å². The normalized spacial score (nSPS) is 15.7. The SMILES string of the molecule is CC[N+](CC)(CC)C/C=N/C(O)CCCC(O)/N=C/C[N+](CC)(CC)CC. The third-order valence-electron chi connectivity index (χ3n) is 6.44. The Morgan fingerprint density at radius 1 is 0.630 bits per heavy atom. The molecule has 0 saturated carbocycles. The average molecular weight is 387 g/mol. The maximum atomic E-state index is 10.0. The molecule has 0 aromatic carbocycles. The number of hydrogen-bond donors (Lipinski definition) is 2. The van der Waals surface area contributed by atoms with Gasteiger partial charge in [0.15, 0.2) is 0 Å². The van der Waals surface area contributed by atoms with Crippen LogP contribution in [0.15, 0.2) is 9.98 Å². The van der Waals surface area contributed by atoms with Gasteiger partial charge in [-0.15, -0.1) is 0 Å². The molecule has 0 spiro atoms. The smallest absolute Gasteiger partial charge is 0.144 e. The molecule has 160 valence electrons. The molecule has 0 rings (SSSR count). The van der Waals surface area contributed by atoms with E-state index in [9.17, 15) is 10.2 Å². The van der Waals surface area contributed by atoms with Crippen molar-refractivity contribution in [3.63, 3.8) is 0 Å². The highest BCUT2D eigenvalue weighted by Crippen LogP contribution is 2.08. The van der Waals surface area contributed by atoms with E-state index in [0.717, 1.165) is 61.3 Å². The summed E-state index contributed by atoms with van der Waals surface area (Å²) in [6.45, 7) is 21.4. The summed E-state index contributed by atoms with van der Waals surface area (Å²) in [5.41, 5.74) is 0. The summed E-state index contributed by atoms with van der Waals surface area (Å²) in [7, 11) is 0. The average Bonchev–Trinajstić information content (AvgIpc) is 2.69. The molecule has 2 unspecified atom stereocenters. The molecule has 0 heterocycles. The summed E-state index contributed by atoms with van der Waals surface area (Å²) in [4.78, 5) is 8.54. The molecule has 0 saturated heterocycles. The second-order valence-electron chi connectivity index (χ2n) is 7.50. The fourth-order valence-electron chi connectivity index (χ4n) is 3.43. The van der Waals surface area contributed by atoms with Gasteiger partial charge in [0.05, 0.1) is 51.7 Å². The van der Waals surface area contributed by atoms with Crippen molar-refractivity contribution in [3.05, 3.63) is 0 Å². The van der Waals surface area contributed by atoms with E-state index in [1.165, 1.54) is 0 Å². The second-order valence-corrected chi connectivity index (χ2v) is 7.50. The summed E-state index contributed by atoms with van der Waals surface area (Å²) in [6.07, 6.45) is 4.21. The van der Waals surface area contributed by atoms with Crippen molar-refractivity contribution in [2.24, 2.45) is 9.98 Å². The van der Waals surface area contributed by atoms with E-state index < -0.39 is 12.5 Å². The Bertz CT molecular complexity index is 364. The molecular formula is C21H46N4O2+2. The van der Waals surface area contributed by atoms with Crippen molar-refractivity contribution in [1.82, 2.24) is 0 Å². The number of aliphatic hydroxyl groups excluding tert-OH is 2. The molecular weight excluding hydrogens is 340 g/mol. The number of quaternary nitrogens is 2. The minimum Gasteiger partial charge on any atom is -0.372 e. The van der Waals surface area contributed by atoms with Crippen molar-refractivity contribution in [2.45, 2.75) is 73.3 Å². The van der Waals surface area contributed by atoms with Gasteiger partial charge in [-0.25, -0.2) is 0 Å². The van der Waals surface area contributed by atoms with Crippen LogP contribution in [0.25, 0.3) is 0 Å². The molecule has 0 fully saturated rings. The highest BCUT2D eigenvalue weighted by Gasteiger charge is 2.19. The summed E-state index contributed by atoms with van der Waals surface area (Å²) in [5, 5.41) is 20.1. The summed E-state index contributed by atoms with van der Waals surface area (Å²) >= 11 is 0. The van der Waals surface area contributed by atoms with Crippen LogP contribution in [-0.2, 0) is 0 Å². The molecule has 0 aliphatic heterocycles. The zero-order valence-corrected chi connectivity index (χ0v) is 18.8. The Morgan fingerprint density at radius 2 is 0.926 bits per heavy atom. The van der Waals surface area contributed by atoms with Gasteiger partial charge < -0.3 is 19.2 Å². The number of aliphatic hydroxyl groups is 2. The van der Waals surface area contributed by atoms with Crippen LogP contribution in [0.5, 0.6) is 0 Å². The third-order valence-corrected chi connectivity index (χ3v) is 6.44. The van der Waals surface area contributed by atoms with Crippen LogP contribution < -0.4 is 0 Å². The molecule has 0 aliphatic rings. The largest absolute Gasteiger partial charge is 0.372 e. The Balaban J connectivity index is 4.21. The first-order valence-corrected chi connectivity index (χ1v) is 11.0. The van der Waals surface area contributed by atoms with E-state index in [4.69, 9.17) is 0 Å². The lowest BCUT2D eigenvalue weighted by Gasteiger charge is -2.34. The lowest BCUT2D eigenvalue weighted by atomic mass is 10.2. The van der Waals surface area contributed by atoms with E-state index in [0.29, 0.717) is 19.3 Å². The maximum absolute atomic E-state index is 10.0. The monoisotopic (exact) mass is 386 g/mol. The lowest BCUT2D eigenvalue weighted by molar-refractivity contribution is -0.914. The Labute approximate surface area is 167 Å². The van der Waals surface area contributed by atoms with Crippen molar-refractivity contribution in [2.75, 3.05) is 52.4 Å². The minimum atomic E-state index is -0.682. The molecule has 0 aromatic heterocycles. The first-order chi connectivity index (χ1) is 12.9. The van der Waals surface area contributed by atoms with E-state index in [2.05, 4.69) is 51.5 Å². The molecule has 6 nitrogen and oxygen atoms in total. The maximum Gasteiger partial charge on any atom is 0.144 e. The molecule has 2 N–H and O–H groups in total. The van der Waals surface area contributed by atoms with E-state index in [1.807, 2.05) is 12.4 Å². The molecule has 6 heteroatoms. The van der Waals surface area contributed by atoms with Crippen LogP contribution in [0, 0.1) is 0 Å². The van der Waals surface area contributed by atoms with E-state index >= 15 is 0 Å². The number of nitrogens with zero attached hydrogens (tertiary/aromatic N) is 4. The molecule has 0 radical (unpaired) electrons. The van der Waals surface area contributed by atoms with Gasteiger partial charge in [0.1, 0.15) is 25.5 Å². The van der Waals surface area contributed by atoms with E-state index in [1.54, 1.807) is 0 Å². The van der Waals surface area contributed by atoms with Crippen LogP contribution in [-0.4, -0.2) is 96.4 Å². The molecule has 0 bridgehead atoms. The molecule has 27 heavy (non-hydrogen) atoms. The van der Waals surface area contributed by atoms with Gasteiger partial charge in [-0.2, -0.15) is 0 Å². The second kappa shape index (κ2) is 14.2. The van der Waals surface area contributed by atoms with Gasteiger partial charge in [0.2, 0.25) is 0 Å². The molecule has 2 atom stereocenters.